The number of likely N-dealkylation sites (tertiary alicyclic amines) is 1. The zero-order chi connectivity index (χ0) is 18.0. The third kappa shape index (κ3) is 4.13. The molecule has 1 aromatic heterocycles. The molecule has 1 aromatic rings. The summed E-state index contributed by atoms with van der Waals surface area (Å²) in [5.41, 5.74) is 0. The fraction of sp³-hybridized carbons (Fsp3) is 0.625. The highest BCUT2D eigenvalue weighted by Crippen LogP contribution is 2.42. The van der Waals surface area contributed by atoms with Crippen LogP contribution >= 0.6 is 15.9 Å². The van der Waals surface area contributed by atoms with E-state index in [0.717, 1.165) is 25.2 Å². The van der Waals surface area contributed by atoms with Gasteiger partial charge in [-0.15, -0.1) is 0 Å². The van der Waals surface area contributed by atoms with Crippen LogP contribution in [0.2, 0.25) is 0 Å². The molecule has 3 rings (SSSR count). The molecule has 0 aromatic carbocycles. The van der Waals surface area contributed by atoms with Crippen LogP contribution in [-0.2, 0) is 9.59 Å². The number of carbonyl (C=O) groups excluding carboxylic acids is 2. The van der Waals surface area contributed by atoms with Crippen molar-refractivity contribution in [3.05, 3.63) is 18.2 Å². The molecule has 2 amide bonds. The van der Waals surface area contributed by atoms with E-state index in [1.165, 1.54) is 4.90 Å². The van der Waals surface area contributed by atoms with E-state index in [1.54, 1.807) is 0 Å². The summed E-state index contributed by atoms with van der Waals surface area (Å²) < 4.78 is 26.3. The van der Waals surface area contributed by atoms with E-state index >= 15 is 0 Å². The molecule has 4 unspecified atom stereocenters. The quantitative estimate of drug-likeness (QED) is 0.763. The van der Waals surface area contributed by atoms with Crippen molar-refractivity contribution in [2.45, 2.75) is 24.1 Å². The number of piperidine rings is 1. The Morgan fingerprint density at radius 2 is 2.08 bits per heavy atom. The van der Waals surface area contributed by atoms with Crippen LogP contribution < -0.4 is 5.32 Å². The SMILES string of the molecule is O=C(CN1CC(CF)C2CC(Br)CCC2C1=O)Nc1ncc(F)cn1. The number of halogens is 3. The maximum absolute atomic E-state index is 13.5. The van der Waals surface area contributed by atoms with Crippen LogP contribution in [0.4, 0.5) is 14.7 Å². The smallest absolute Gasteiger partial charge is 0.246 e. The van der Waals surface area contributed by atoms with E-state index in [1.807, 2.05) is 0 Å². The van der Waals surface area contributed by atoms with Crippen molar-refractivity contribution in [2.24, 2.45) is 17.8 Å². The maximum Gasteiger partial charge on any atom is 0.246 e. The predicted octanol–water partition coefficient (Wildman–Crippen LogP) is 2.16. The molecule has 2 heterocycles. The molecule has 1 saturated heterocycles. The van der Waals surface area contributed by atoms with E-state index in [0.29, 0.717) is 11.2 Å². The van der Waals surface area contributed by atoms with Gasteiger partial charge in [-0.25, -0.2) is 14.4 Å². The van der Waals surface area contributed by atoms with Gasteiger partial charge in [0.2, 0.25) is 17.8 Å². The van der Waals surface area contributed by atoms with Gasteiger partial charge in [-0.1, -0.05) is 15.9 Å². The van der Waals surface area contributed by atoms with Gasteiger partial charge in [0.15, 0.2) is 5.82 Å². The normalized spacial score (nSPS) is 29.2. The van der Waals surface area contributed by atoms with E-state index in [4.69, 9.17) is 0 Å². The molecule has 0 spiro atoms. The number of hydrogen-bond acceptors (Lipinski definition) is 4. The van der Waals surface area contributed by atoms with Gasteiger partial charge in [-0.3, -0.25) is 19.3 Å². The Labute approximate surface area is 152 Å². The standard InChI is InChI=1S/C16H19BrF2N4O2/c17-10-1-2-12-13(3-10)9(4-18)7-23(15(12)25)8-14(24)22-16-20-5-11(19)6-21-16/h5-6,9-10,12-13H,1-4,7-8H2,(H,20,21,22,24). The number of alkyl halides is 2. The first kappa shape index (κ1) is 18.2. The third-order valence-electron chi connectivity index (χ3n) is 4.93. The Morgan fingerprint density at radius 3 is 2.76 bits per heavy atom. The number of carbonyl (C=O) groups is 2. The van der Waals surface area contributed by atoms with E-state index < -0.39 is 18.4 Å². The number of fused-ring (bicyclic) bond motifs is 1. The van der Waals surface area contributed by atoms with Gasteiger partial charge in [0.25, 0.3) is 0 Å². The number of hydrogen-bond donors (Lipinski definition) is 1. The second-order valence-electron chi connectivity index (χ2n) is 6.59. The summed E-state index contributed by atoms with van der Waals surface area (Å²) in [5.74, 6) is -1.67. The minimum atomic E-state index is -0.608. The van der Waals surface area contributed by atoms with Crippen molar-refractivity contribution < 1.29 is 18.4 Å². The average Bonchev–Trinajstić information content (AvgIpc) is 2.59. The van der Waals surface area contributed by atoms with E-state index in [9.17, 15) is 18.4 Å². The topological polar surface area (TPSA) is 75.2 Å². The number of rotatable bonds is 4. The Morgan fingerprint density at radius 1 is 1.36 bits per heavy atom. The van der Waals surface area contributed by atoms with Crippen molar-refractivity contribution in [1.29, 1.82) is 0 Å². The van der Waals surface area contributed by atoms with Crippen molar-refractivity contribution in [2.75, 3.05) is 25.1 Å². The van der Waals surface area contributed by atoms with Gasteiger partial charge < -0.3 is 4.90 Å². The van der Waals surface area contributed by atoms with Crippen molar-refractivity contribution in [3.63, 3.8) is 0 Å². The number of aromatic nitrogens is 2. The van der Waals surface area contributed by atoms with Crippen LogP contribution in [0.1, 0.15) is 19.3 Å². The van der Waals surface area contributed by atoms with Gasteiger partial charge >= 0.3 is 0 Å². The van der Waals surface area contributed by atoms with E-state index in [-0.39, 0.29) is 42.7 Å². The fourth-order valence-electron chi connectivity index (χ4n) is 3.74. The summed E-state index contributed by atoms with van der Waals surface area (Å²) in [4.78, 5) is 33.9. The number of nitrogens with zero attached hydrogens (tertiary/aromatic N) is 3. The summed E-state index contributed by atoms with van der Waals surface area (Å²) in [6, 6.07) is 0. The number of nitrogens with one attached hydrogen (secondary N) is 1. The number of amides is 2. The first-order chi connectivity index (χ1) is 12.0. The predicted molar refractivity (Wildman–Crippen MR) is 90.2 cm³/mol. The summed E-state index contributed by atoms with van der Waals surface area (Å²) in [6.45, 7) is -0.460. The van der Waals surface area contributed by atoms with E-state index in [2.05, 4.69) is 31.2 Å². The van der Waals surface area contributed by atoms with Crippen LogP contribution in [0.15, 0.2) is 12.4 Å². The lowest BCUT2D eigenvalue weighted by molar-refractivity contribution is -0.148. The molecule has 1 aliphatic carbocycles. The lowest BCUT2D eigenvalue weighted by atomic mass is 9.69. The molecule has 0 radical (unpaired) electrons. The molecular weight excluding hydrogens is 398 g/mol. The molecular formula is C16H19BrF2N4O2. The largest absolute Gasteiger partial charge is 0.333 e. The van der Waals surface area contributed by atoms with Crippen LogP contribution in [0, 0.1) is 23.6 Å². The lowest BCUT2D eigenvalue weighted by Gasteiger charge is -2.45. The van der Waals surface area contributed by atoms with Gasteiger partial charge in [0.05, 0.1) is 25.6 Å². The van der Waals surface area contributed by atoms with Crippen molar-refractivity contribution in [1.82, 2.24) is 14.9 Å². The maximum atomic E-state index is 13.5. The highest BCUT2D eigenvalue weighted by Gasteiger charge is 2.45. The molecule has 6 nitrogen and oxygen atoms in total. The highest BCUT2D eigenvalue weighted by molar-refractivity contribution is 9.09. The lowest BCUT2D eigenvalue weighted by Crippen LogP contribution is -2.54. The minimum absolute atomic E-state index is 0.0235. The molecule has 4 atom stereocenters. The Bertz CT molecular complexity index is 646. The Kier molecular flexibility index (Phi) is 5.61. The molecule has 136 valence electrons. The first-order valence-corrected chi connectivity index (χ1v) is 9.15. The number of anilines is 1. The molecule has 0 bridgehead atoms. The molecule has 2 aliphatic rings. The van der Waals surface area contributed by atoms with Crippen LogP contribution in [0.25, 0.3) is 0 Å². The average molecular weight is 417 g/mol. The van der Waals surface area contributed by atoms with Crippen molar-refractivity contribution in [3.8, 4) is 0 Å². The molecule has 2 fully saturated rings. The van der Waals surface area contributed by atoms with Gasteiger partial charge in [-0.05, 0) is 25.2 Å². The fourth-order valence-corrected chi connectivity index (χ4v) is 4.44. The minimum Gasteiger partial charge on any atom is -0.333 e. The molecule has 9 heteroatoms. The van der Waals surface area contributed by atoms with Gasteiger partial charge in [0.1, 0.15) is 0 Å². The summed E-state index contributed by atoms with van der Waals surface area (Å²) in [7, 11) is 0. The van der Waals surface area contributed by atoms with Crippen molar-refractivity contribution >= 4 is 33.7 Å². The molecule has 1 aliphatic heterocycles. The summed E-state index contributed by atoms with van der Waals surface area (Å²) in [5, 5.41) is 2.43. The Balaban J connectivity index is 1.64. The Hall–Kier alpha value is -1.64. The molecule has 25 heavy (non-hydrogen) atoms. The molecule has 1 N–H and O–H groups in total. The molecule has 1 saturated carbocycles. The highest BCUT2D eigenvalue weighted by atomic mass is 79.9. The van der Waals surface area contributed by atoms with Gasteiger partial charge in [0, 0.05) is 23.2 Å². The van der Waals surface area contributed by atoms with Crippen LogP contribution in [0.5, 0.6) is 0 Å². The summed E-state index contributed by atoms with van der Waals surface area (Å²) >= 11 is 3.57. The second kappa shape index (κ2) is 7.72. The zero-order valence-electron chi connectivity index (χ0n) is 13.5. The summed E-state index contributed by atoms with van der Waals surface area (Å²) in [6.07, 6.45) is 4.24. The zero-order valence-corrected chi connectivity index (χ0v) is 15.1. The first-order valence-electron chi connectivity index (χ1n) is 8.24. The van der Waals surface area contributed by atoms with Gasteiger partial charge in [-0.2, -0.15) is 0 Å². The van der Waals surface area contributed by atoms with Crippen LogP contribution in [-0.4, -0.2) is 51.3 Å². The van der Waals surface area contributed by atoms with Crippen LogP contribution in [0.3, 0.4) is 0 Å². The monoisotopic (exact) mass is 416 g/mol. The third-order valence-corrected chi connectivity index (χ3v) is 5.76. The second-order valence-corrected chi connectivity index (χ2v) is 7.88.